The van der Waals surface area contributed by atoms with Crippen molar-refractivity contribution in [2.75, 3.05) is 31.7 Å². The number of nitrogens with zero attached hydrogens (tertiary/aromatic N) is 1. The van der Waals surface area contributed by atoms with Gasteiger partial charge >= 0.3 is 0 Å². The van der Waals surface area contributed by atoms with Crippen LogP contribution in [0.4, 0.5) is 5.69 Å². The predicted octanol–water partition coefficient (Wildman–Crippen LogP) is 1.96. The molecule has 1 aromatic rings. The molecule has 0 radical (unpaired) electrons. The normalized spacial score (nSPS) is 19.7. The molecule has 1 heterocycles. The van der Waals surface area contributed by atoms with Gasteiger partial charge in [-0.1, -0.05) is 6.92 Å². The van der Waals surface area contributed by atoms with Crippen molar-refractivity contribution in [3.63, 3.8) is 0 Å². The van der Waals surface area contributed by atoms with Crippen LogP contribution in [-0.4, -0.2) is 44.2 Å². The Hall–Kier alpha value is -2.08. The zero-order valence-electron chi connectivity index (χ0n) is 15.1. The maximum Gasteiger partial charge on any atom is 0.273 e. The highest BCUT2D eigenvalue weighted by molar-refractivity contribution is 6.03. The van der Waals surface area contributed by atoms with E-state index in [1.54, 1.807) is 25.9 Å². The van der Waals surface area contributed by atoms with Gasteiger partial charge in [0.2, 0.25) is 11.5 Å². The van der Waals surface area contributed by atoms with Gasteiger partial charge in [0, 0.05) is 26.6 Å². The number of fused-ring (bicyclic) bond motifs is 1. The molecule has 1 unspecified atom stereocenters. The largest absolute Gasteiger partial charge is 0.473 e. The topological polar surface area (TPSA) is 67.9 Å². The zero-order valence-corrected chi connectivity index (χ0v) is 15.1. The number of hydrogen-bond acceptors (Lipinski definition) is 4. The summed E-state index contributed by atoms with van der Waals surface area (Å²) in [6.45, 7) is 8.49. The first-order valence-electron chi connectivity index (χ1n) is 8.20. The third-order valence-corrected chi connectivity index (χ3v) is 4.30. The molecule has 0 bridgehead atoms. The number of amides is 2. The van der Waals surface area contributed by atoms with Crippen LogP contribution in [0, 0.1) is 13.8 Å². The Morgan fingerprint density at radius 3 is 2.62 bits per heavy atom. The summed E-state index contributed by atoms with van der Waals surface area (Å²) < 4.78 is 11.2. The molecule has 2 rings (SSSR count). The highest BCUT2D eigenvalue weighted by atomic mass is 16.5. The van der Waals surface area contributed by atoms with Gasteiger partial charge in [-0.05, 0) is 44.0 Å². The van der Waals surface area contributed by atoms with Gasteiger partial charge in [-0.15, -0.1) is 0 Å². The lowest BCUT2D eigenvalue weighted by Crippen LogP contribution is -2.58. The van der Waals surface area contributed by atoms with Crippen LogP contribution >= 0.6 is 0 Å². The third-order valence-electron chi connectivity index (χ3n) is 4.30. The maximum atomic E-state index is 12.9. The summed E-state index contributed by atoms with van der Waals surface area (Å²) in [5, 5.41) is 2.81. The lowest BCUT2D eigenvalue weighted by molar-refractivity contribution is -0.138. The van der Waals surface area contributed by atoms with Crippen LogP contribution in [0.1, 0.15) is 31.4 Å². The molecule has 1 aliphatic heterocycles. The van der Waals surface area contributed by atoms with Gasteiger partial charge in [0.25, 0.3) is 5.91 Å². The lowest BCUT2D eigenvalue weighted by Gasteiger charge is -2.40. The minimum Gasteiger partial charge on any atom is -0.473 e. The lowest BCUT2D eigenvalue weighted by atomic mass is 9.99. The number of methoxy groups -OCH3 is 1. The number of rotatable bonds is 6. The van der Waals surface area contributed by atoms with E-state index in [4.69, 9.17) is 9.47 Å². The molecule has 132 valence electrons. The molecule has 6 nitrogen and oxygen atoms in total. The Kier molecular flexibility index (Phi) is 5.49. The molecular weight excluding hydrogens is 308 g/mol. The summed E-state index contributed by atoms with van der Waals surface area (Å²) in [4.78, 5) is 26.1. The van der Waals surface area contributed by atoms with Crippen molar-refractivity contribution in [3.05, 3.63) is 23.3 Å². The van der Waals surface area contributed by atoms with Gasteiger partial charge in [0.15, 0.2) is 0 Å². The Labute approximate surface area is 143 Å². The summed E-state index contributed by atoms with van der Waals surface area (Å²) in [5.41, 5.74) is 1.85. The number of benzene rings is 1. The first-order valence-corrected chi connectivity index (χ1v) is 8.20. The van der Waals surface area contributed by atoms with Crippen molar-refractivity contribution < 1.29 is 19.1 Å². The van der Waals surface area contributed by atoms with E-state index in [2.05, 4.69) is 5.32 Å². The molecule has 0 saturated carbocycles. The Morgan fingerprint density at radius 1 is 1.33 bits per heavy atom. The second-order valence-corrected chi connectivity index (χ2v) is 6.33. The average Bonchev–Trinajstić information content (AvgIpc) is 2.53. The molecule has 0 saturated heterocycles. The summed E-state index contributed by atoms with van der Waals surface area (Å²) in [6, 6.07) is 3.90. The Balaban J connectivity index is 2.33. The molecule has 0 aliphatic carbocycles. The molecule has 6 heteroatoms. The zero-order chi connectivity index (χ0) is 17.9. The van der Waals surface area contributed by atoms with E-state index in [0.717, 1.165) is 16.8 Å². The van der Waals surface area contributed by atoms with Crippen molar-refractivity contribution in [2.24, 2.45) is 0 Å². The van der Waals surface area contributed by atoms with Crippen molar-refractivity contribution in [3.8, 4) is 5.75 Å². The van der Waals surface area contributed by atoms with Crippen molar-refractivity contribution >= 4 is 17.5 Å². The van der Waals surface area contributed by atoms with Crippen molar-refractivity contribution in [1.29, 1.82) is 0 Å². The number of carbonyl (C=O) groups excluding carboxylic acids is 2. The minimum absolute atomic E-state index is 0.0318. The second kappa shape index (κ2) is 7.21. The highest BCUT2D eigenvalue weighted by Crippen LogP contribution is 2.39. The van der Waals surface area contributed by atoms with Crippen LogP contribution < -0.4 is 15.0 Å². The third kappa shape index (κ3) is 3.53. The quantitative estimate of drug-likeness (QED) is 0.863. The van der Waals surface area contributed by atoms with Gasteiger partial charge < -0.3 is 19.7 Å². The monoisotopic (exact) mass is 334 g/mol. The Morgan fingerprint density at radius 2 is 2.00 bits per heavy atom. The van der Waals surface area contributed by atoms with Crippen LogP contribution in [0.5, 0.6) is 5.75 Å². The van der Waals surface area contributed by atoms with E-state index >= 15 is 0 Å². The molecule has 24 heavy (non-hydrogen) atoms. The molecular formula is C18H26N2O4. The maximum absolute atomic E-state index is 12.9. The number of anilines is 1. The number of hydrogen-bond donors (Lipinski definition) is 1. The predicted molar refractivity (Wildman–Crippen MR) is 92.5 cm³/mol. The second-order valence-electron chi connectivity index (χ2n) is 6.33. The van der Waals surface area contributed by atoms with E-state index in [-0.39, 0.29) is 18.4 Å². The van der Waals surface area contributed by atoms with Crippen LogP contribution in [0.3, 0.4) is 0 Å². The summed E-state index contributed by atoms with van der Waals surface area (Å²) >= 11 is 0. The van der Waals surface area contributed by atoms with E-state index in [1.165, 1.54) is 0 Å². The van der Waals surface area contributed by atoms with Gasteiger partial charge in [-0.25, -0.2) is 0 Å². The van der Waals surface area contributed by atoms with E-state index in [9.17, 15) is 9.59 Å². The summed E-state index contributed by atoms with van der Waals surface area (Å²) in [6.07, 6.45) is 0.424. The molecule has 0 aromatic heterocycles. The van der Waals surface area contributed by atoms with Crippen LogP contribution in [0.25, 0.3) is 0 Å². The van der Waals surface area contributed by atoms with Gasteiger partial charge in [-0.3, -0.25) is 9.59 Å². The molecule has 0 spiro atoms. The van der Waals surface area contributed by atoms with Crippen LogP contribution in [0.15, 0.2) is 12.1 Å². The fourth-order valence-electron chi connectivity index (χ4n) is 2.77. The van der Waals surface area contributed by atoms with Crippen molar-refractivity contribution in [1.82, 2.24) is 5.32 Å². The molecule has 2 amide bonds. The van der Waals surface area contributed by atoms with Gasteiger partial charge in [0.05, 0.1) is 12.3 Å². The van der Waals surface area contributed by atoms with Crippen molar-refractivity contribution in [2.45, 2.75) is 39.7 Å². The molecule has 1 N–H and O–H groups in total. The summed E-state index contributed by atoms with van der Waals surface area (Å²) in [7, 11) is 1.55. The van der Waals surface area contributed by atoms with E-state index in [1.807, 2.05) is 26.0 Å². The molecule has 0 fully saturated rings. The first kappa shape index (κ1) is 18.3. The molecule has 1 atom stereocenters. The highest BCUT2D eigenvalue weighted by Gasteiger charge is 2.44. The van der Waals surface area contributed by atoms with Crippen LogP contribution in [0.2, 0.25) is 0 Å². The Bertz CT molecular complexity index is 644. The first-order chi connectivity index (χ1) is 11.3. The number of nitrogens with one attached hydrogen (secondary N) is 1. The van der Waals surface area contributed by atoms with Gasteiger partial charge in [-0.2, -0.15) is 0 Å². The minimum atomic E-state index is -1.07. The molecule has 1 aromatic carbocycles. The average molecular weight is 334 g/mol. The standard InChI is InChI=1S/C18H26N2O4/c1-6-16(21)19-7-8-20-14-9-12(2)13(3)10-15(14)24-18(4,11-23-5)17(20)22/h9-10H,6-8,11H2,1-5H3,(H,19,21). The number of aryl methyl sites for hydroxylation is 2. The smallest absolute Gasteiger partial charge is 0.273 e. The van der Waals surface area contributed by atoms with E-state index < -0.39 is 5.60 Å². The van der Waals surface area contributed by atoms with E-state index in [0.29, 0.717) is 25.3 Å². The molecule has 1 aliphatic rings. The fourth-order valence-corrected chi connectivity index (χ4v) is 2.77. The number of ether oxygens (including phenoxy) is 2. The fraction of sp³-hybridized carbons (Fsp3) is 0.556. The van der Waals surface area contributed by atoms with Crippen LogP contribution in [-0.2, 0) is 14.3 Å². The summed E-state index contributed by atoms with van der Waals surface area (Å²) in [5.74, 6) is 0.473. The van der Waals surface area contributed by atoms with Gasteiger partial charge in [0.1, 0.15) is 5.75 Å². The number of carbonyl (C=O) groups is 2. The SMILES string of the molecule is CCC(=O)NCCN1C(=O)C(C)(COC)Oc2cc(C)c(C)cc21.